The van der Waals surface area contributed by atoms with E-state index >= 15 is 0 Å². The van der Waals surface area contributed by atoms with Crippen LogP contribution in [0.1, 0.15) is 85.5 Å². The molecule has 4 heteroatoms. The van der Waals surface area contributed by atoms with Crippen LogP contribution in [0.15, 0.2) is 0 Å². The molecule has 1 aliphatic carbocycles. The van der Waals surface area contributed by atoms with Gasteiger partial charge in [0, 0.05) is 23.7 Å². The maximum Gasteiger partial charge on any atom is 0.410 e. The van der Waals surface area contributed by atoms with Crippen LogP contribution in [0.4, 0.5) is 4.79 Å². The second-order valence-corrected chi connectivity index (χ2v) is 9.21. The lowest BCUT2D eigenvalue weighted by Crippen LogP contribution is -2.57. The predicted molar refractivity (Wildman–Crippen MR) is 92.5 cm³/mol. The Labute approximate surface area is 141 Å². The molecule has 4 nitrogen and oxygen atoms in total. The van der Waals surface area contributed by atoms with E-state index in [1.807, 2.05) is 25.7 Å². The highest BCUT2D eigenvalue weighted by atomic mass is 16.6. The number of fused-ring (bicyclic) bond motifs is 2. The summed E-state index contributed by atoms with van der Waals surface area (Å²) in [6.45, 7) is 8.25. The van der Waals surface area contributed by atoms with Crippen molar-refractivity contribution in [3.05, 3.63) is 0 Å². The van der Waals surface area contributed by atoms with Crippen LogP contribution < -0.4 is 5.32 Å². The van der Waals surface area contributed by atoms with Gasteiger partial charge >= 0.3 is 6.09 Å². The first-order valence-electron chi connectivity index (χ1n) is 9.55. The van der Waals surface area contributed by atoms with Crippen molar-refractivity contribution in [3.8, 4) is 0 Å². The van der Waals surface area contributed by atoms with Crippen LogP contribution in [-0.4, -0.2) is 40.3 Å². The quantitative estimate of drug-likeness (QED) is 0.827. The lowest BCUT2D eigenvalue weighted by molar-refractivity contribution is 0.00296. The molecule has 2 aliphatic heterocycles. The number of carbonyl (C=O) groups is 1. The summed E-state index contributed by atoms with van der Waals surface area (Å²) < 4.78 is 5.63. The number of carbonyl (C=O) groups excluding carboxylic acids is 1. The van der Waals surface area contributed by atoms with Crippen LogP contribution in [-0.2, 0) is 4.74 Å². The number of ether oxygens (including phenoxy) is 1. The molecule has 23 heavy (non-hydrogen) atoms. The summed E-state index contributed by atoms with van der Waals surface area (Å²) in [7, 11) is 0. The first kappa shape index (κ1) is 17.1. The van der Waals surface area contributed by atoms with Gasteiger partial charge in [-0.1, -0.05) is 19.3 Å². The minimum Gasteiger partial charge on any atom is -0.444 e. The van der Waals surface area contributed by atoms with Gasteiger partial charge in [0.05, 0.1) is 0 Å². The molecule has 0 radical (unpaired) electrons. The topological polar surface area (TPSA) is 41.6 Å². The standard InChI is InChI=1S/C19H34N2O2/c1-18(2,3)23-17(22)21-15-8-9-16(21)13-14(12-15)20-19(4)10-6-5-7-11-19/h14-16,20H,5-13H2,1-4H3. The Kier molecular flexibility index (Phi) is 4.65. The summed E-state index contributed by atoms with van der Waals surface area (Å²) in [6.07, 6.45) is 11.0. The van der Waals surface area contributed by atoms with Crippen molar-refractivity contribution in [2.45, 2.75) is 115 Å². The largest absolute Gasteiger partial charge is 0.444 e. The van der Waals surface area contributed by atoms with Gasteiger partial charge in [0.2, 0.25) is 0 Å². The van der Waals surface area contributed by atoms with Crippen LogP contribution >= 0.6 is 0 Å². The summed E-state index contributed by atoms with van der Waals surface area (Å²) in [5, 5.41) is 3.96. The summed E-state index contributed by atoms with van der Waals surface area (Å²) in [5.41, 5.74) is -0.0857. The van der Waals surface area contributed by atoms with E-state index in [9.17, 15) is 4.79 Å². The monoisotopic (exact) mass is 322 g/mol. The summed E-state index contributed by atoms with van der Waals surface area (Å²) in [6, 6.07) is 1.30. The number of hydrogen-bond donors (Lipinski definition) is 1. The van der Waals surface area contributed by atoms with E-state index in [1.54, 1.807) is 0 Å². The van der Waals surface area contributed by atoms with Crippen molar-refractivity contribution in [1.82, 2.24) is 10.2 Å². The van der Waals surface area contributed by atoms with Gasteiger partial charge in [0.15, 0.2) is 0 Å². The average molecular weight is 322 g/mol. The van der Waals surface area contributed by atoms with Gasteiger partial charge in [-0.05, 0) is 66.2 Å². The van der Waals surface area contributed by atoms with Crippen LogP contribution in [0.25, 0.3) is 0 Å². The number of nitrogens with one attached hydrogen (secondary N) is 1. The molecule has 2 unspecified atom stereocenters. The summed E-state index contributed by atoms with van der Waals surface area (Å²) in [5.74, 6) is 0. The molecule has 0 aromatic heterocycles. The minimum absolute atomic E-state index is 0.104. The van der Waals surface area contributed by atoms with Crippen LogP contribution in [0.2, 0.25) is 0 Å². The lowest BCUT2D eigenvalue weighted by Gasteiger charge is -2.44. The normalized spacial score (nSPS) is 33.6. The number of hydrogen-bond acceptors (Lipinski definition) is 3. The molecule has 0 aromatic rings. The Balaban J connectivity index is 1.59. The molecule has 2 bridgehead atoms. The van der Waals surface area contributed by atoms with E-state index < -0.39 is 5.60 Å². The maximum absolute atomic E-state index is 12.5. The van der Waals surface area contributed by atoms with Crippen molar-refractivity contribution in [2.24, 2.45) is 0 Å². The summed E-state index contributed by atoms with van der Waals surface area (Å²) in [4.78, 5) is 14.6. The Morgan fingerprint density at radius 2 is 1.65 bits per heavy atom. The molecule has 0 aromatic carbocycles. The molecule has 2 saturated heterocycles. The van der Waals surface area contributed by atoms with Crippen molar-refractivity contribution in [2.75, 3.05) is 0 Å². The minimum atomic E-state index is -0.402. The Bertz CT molecular complexity index is 423. The van der Waals surface area contributed by atoms with E-state index in [-0.39, 0.29) is 6.09 Å². The fourth-order valence-corrected chi connectivity index (χ4v) is 4.88. The van der Waals surface area contributed by atoms with Crippen molar-refractivity contribution < 1.29 is 9.53 Å². The molecular weight excluding hydrogens is 288 g/mol. The van der Waals surface area contributed by atoms with Gasteiger partial charge < -0.3 is 15.0 Å². The molecule has 1 N–H and O–H groups in total. The van der Waals surface area contributed by atoms with E-state index in [0.29, 0.717) is 23.7 Å². The first-order valence-corrected chi connectivity index (χ1v) is 9.55. The van der Waals surface area contributed by atoms with Crippen LogP contribution in [0.5, 0.6) is 0 Å². The number of nitrogens with zero attached hydrogens (tertiary/aromatic N) is 1. The number of piperidine rings is 1. The highest BCUT2D eigenvalue weighted by Gasteiger charge is 2.46. The number of rotatable bonds is 2. The molecule has 1 saturated carbocycles. The predicted octanol–water partition coefficient (Wildman–Crippen LogP) is 4.23. The average Bonchev–Trinajstić information content (AvgIpc) is 2.69. The van der Waals surface area contributed by atoms with Crippen molar-refractivity contribution >= 4 is 6.09 Å². The van der Waals surface area contributed by atoms with Gasteiger partial charge in [-0.25, -0.2) is 4.79 Å². The first-order chi connectivity index (χ1) is 10.8. The fourth-order valence-electron chi connectivity index (χ4n) is 4.88. The molecule has 3 fully saturated rings. The third-order valence-electron chi connectivity index (χ3n) is 5.85. The van der Waals surface area contributed by atoms with E-state index in [4.69, 9.17) is 4.74 Å². The van der Waals surface area contributed by atoms with Crippen molar-refractivity contribution in [3.63, 3.8) is 0 Å². The molecular formula is C19H34N2O2. The zero-order valence-electron chi connectivity index (χ0n) is 15.4. The molecule has 1 amide bonds. The van der Waals surface area contributed by atoms with Gasteiger partial charge in [-0.15, -0.1) is 0 Å². The fraction of sp³-hybridized carbons (Fsp3) is 0.947. The molecule has 2 heterocycles. The Morgan fingerprint density at radius 3 is 2.17 bits per heavy atom. The highest BCUT2D eigenvalue weighted by Crippen LogP contribution is 2.38. The zero-order valence-corrected chi connectivity index (χ0v) is 15.4. The second-order valence-electron chi connectivity index (χ2n) is 9.21. The zero-order chi connectivity index (χ0) is 16.7. The Morgan fingerprint density at radius 1 is 1.09 bits per heavy atom. The van der Waals surface area contributed by atoms with Gasteiger partial charge in [-0.2, -0.15) is 0 Å². The Hall–Kier alpha value is -0.770. The number of amides is 1. The molecule has 0 spiro atoms. The molecule has 2 atom stereocenters. The van der Waals surface area contributed by atoms with Gasteiger partial charge in [0.25, 0.3) is 0 Å². The van der Waals surface area contributed by atoms with Crippen LogP contribution in [0, 0.1) is 0 Å². The molecule has 3 rings (SSSR count). The van der Waals surface area contributed by atoms with Gasteiger partial charge in [0.1, 0.15) is 5.60 Å². The molecule has 3 aliphatic rings. The highest BCUT2D eigenvalue weighted by molar-refractivity contribution is 5.69. The summed E-state index contributed by atoms with van der Waals surface area (Å²) >= 11 is 0. The maximum atomic E-state index is 12.5. The lowest BCUT2D eigenvalue weighted by atomic mass is 9.81. The van der Waals surface area contributed by atoms with E-state index in [1.165, 1.54) is 32.1 Å². The van der Waals surface area contributed by atoms with E-state index in [0.717, 1.165) is 25.7 Å². The SMILES string of the molecule is CC1(NC2CC3CCC(C2)N3C(=O)OC(C)(C)C)CCCCC1. The third kappa shape index (κ3) is 4.01. The van der Waals surface area contributed by atoms with E-state index in [2.05, 4.69) is 12.2 Å². The second kappa shape index (κ2) is 6.27. The van der Waals surface area contributed by atoms with Gasteiger partial charge in [-0.3, -0.25) is 0 Å². The molecule has 132 valence electrons. The third-order valence-corrected chi connectivity index (χ3v) is 5.85. The van der Waals surface area contributed by atoms with Crippen LogP contribution in [0.3, 0.4) is 0 Å². The van der Waals surface area contributed by atoms with Crippen molar-refractivity contribution in [1.29, 1.82) is 0 Å². The smallest absolute Gasteiger partial charge is 0.410 e.